The molecule has 2 aromatic rings. The van der Waals surface area contributed by atoms with Gasteiger partial charge in [-0.1, -0.05) is 18.2 Å². The summed E-state index contributed by atoms with van der Waals surface area (Å²) in [6, 6.07) is 9.86. The van der Waals surface area contributed by atoms with Crippen molar-refractivity contribution in [2.24, 2.45) is 0 Å². The quantitative estimate of drug-likeness (QED) is 0.688. The Morgan fingerprint density at radius 2 is 1.72 bits per heavy atom. The molecule has 0 saturated carbocycles. The lowest BCUT2D eigenvalue weighted by atomic mass is 9.92. The Morgan fingerprint density at radius 3 is 2.31 bits per heavy atom. The third-order valence-electron chi connectivity index (χ3n) is 5.89. The average molecular weight is 457 g/mol. The Morgan fingerprint density at radius 1 is 1.06 bits per heavy atom. The van der Waals surface area contributed by atoms with Crippen LogP contribution >= 0.6 is 11.3 Å². The number of carbonyl (C=O) groups excluding carboxylic acids is 4. The highest BCUT2D eigenvalue weighted by Gasteiger charge is 2.49. The number of benzene rings is 1. The van der Waals surface area contributed by atoms with E-state index in [-0.39, 0.29) is 18.4 Å². The van der Waals surface area contributed by atoms with Crippen molar-refractivity contribution in [3.05, 3.63) is 52.2 Å². The second kappa shape index (κ2) is 8.62. The number of piperazine rings is 1. The highest BCUT2D eigenvalue weighted by molar-refractivity contribution is 7.12. The number of hydrogen-bond donors (Lipinski definition) is 1. The molecule has 0 bridgehead atoms. The van der Waals surface area contributed by atoms with Gasteiger partial charge in [0.15, 0.2) is 0 Å². The Labute approximate surface area is 189 Å². The molecule has 1 N–H and O–H groups in total. The summed E-state index contributed by atoms with van der Waals surface area (Å²) in [4.78, 5) is 55.8. The van der Waals surface area contributed by atoms with E-state index in [2.05, 4.69) is 5.32 Å². The predicted octanol–water partition coefficient (Wildman–Crippen LogP) is 1.51. The Kier molecular flexibility index (Phi) is 5.88. The Balaban J connectivity index is 1.37. The molecule has 168 valence electrons. The molecule has 2 saturated heterocycles. The lowest BCUT2D eigenvalue weighted by Gasteiger charge is -2.35. The van der Waals surface area contributed by atoms with Crippen LogP contribution in [-0.2, 0) is 15.1 Å². The highest BCUT2D eigenvalue weighted by atomic mass is 32.1. The number of carbonyl (C=O) groups is 4. The van der Waals surface area contributed by atoms with Gasteiger partial charge in [0.2, 0.25) is 5.91 Å². The van der Waals surface area contributed by atoms with Gasteiger partial charge in [-0.3, -0.25) is 19.3 Å². The molecule has 1 unspecified atom stereocenters. The fourth-order valence-electron chi connectivity index (χ4n) is 3.91. The summed E-state index contributed by atoms with van der Waals surface area (Å²) in [5, 5.41) is 4.56. The summed E-state index contributed by atoms with van der Waals surface area (Å²) < 4.78 is 5.14. The van der Waals surface area contributed by atoms with Crippen molar-refractivity contribution in [3.8, 4) is 5.75 Å². The van der Waals surface area contributed by atoms with E-state index >= 15 is 0 Å². The van der Waals surface area contributed by atoms with Crippen LogP contribution in [0.25, 0.3) is 0 Å². The first-order chi connectivity index (χ1) is 15.3. The van der Waals surface area contributed by atoms with Gasteiger partial charge in [0.25, 0.3) is 11.8 Å². The van der Waals surface area contributed by atoms with E-state index in [4.69, 9.17) is 4.74 Å². The number of nitrogens with one attached hydrogen (secondary N) is 1. The van der Waals surface area contributed by atoms with Crippen molar-refractivity contribution >= 4 is 35.1 Å². The van der Waals surface area contributed by atoms with Gasteiger partial charge in [0.05, 0.1) is 12.0 Å². The summed E-state index contributed by atoms with van der Waals surface area (Å²) in [5.74, 6) is -0.211. The van der Waals surface area contributed by atoms with Crippen molar-refractivity contribution in [2.45, 2.75) is 12.5 Å². The number of urea groups is 1. The molecule has 10 heteroatoms. The van der Waals surface area contributed by atoms with Gasteiger partial charge < -0.3 is 19.9 Å². The zero-order chi connectivity index (χ0) is 22.9. The molecule has 1 aromatic carbocycles. The normalized spacial score (nSPS) is 21.0. The maximum absolute atomic E-state index is 13.1. The summed E-state index contributed by atoms with van der Waals surface area (Å²) in [6.07, 6.45) is 0. The van der Waals surface area contributed by atoms with E-state index in [1.54, 1.807) is 54.2 Å². The number of nitrogens with zero attached hydrogens (tertiary/aromatic N) is 3. The SMILES string of the molecule is COc1ccc(C2(C)NC(=O)N(CC(=O)N3CCN(C(=O)c4cccs4)CC3)C2=O)cc1. The summed E-state index contributed by atoms with van der Waals surface area (Å²) in [6.45, 7) is 2.81. The molecule has 2 fully saturated rings. The molecule has 0 radical (unpaired) electrons. The molecule has 0 aliphatic carbocycles. The molecule has 4 rings (SSSR count). The van der Waals surface area contributed by atoms with Crippen molar-refractivity contribution in [2.75, 3.05) is 39.8 Å². The molecule has 0 spiro atoms. The van der Waals surface area contributed by atoms with Crippen molar-refractivity contribution in [3.63, 3.8) is 0 Å². The lowest BCUT2D eigenvalue weighted by Crippen LogP contribution is -2.53. The van der Waals surface area contributed by atoms with E-state index in [0.29, 0.717) is 42.4 Å². The fraction of sp³-hybridized carbons (Fsp3) is 0.364. The maximum Gasteiger partial charge on any atom is 0.325 e. The van der Waals surface area contributed by atoms with Gasteiger partial charge in [-0.2, -0.15) is 0 Å². The average Bonchev–Trinajstić information content (AvgIpc) is 3.42. The largest absolute Gasteiger partial charge is 0.497 e. The minimum absolute atomic E-state index is 0.0449. The first kappa shape index (κ1) is 21.8. The number of rotatable bonds is 5. The van der Waals surface area contributed by atoms with E-state index < -0.39 is 17.5 Å². The van der Waals surface area contributed by atoms with Crippen LogP contribution < -0.4 is 10.1 Å². The van der Waals surface area contributed by atoms with E-state index in [1.807, 2.05) is 11.4 Å². The van der Waals surface area contributed by atoms with Crippen molar-refractivity contribution in [1.82, 2.24) is 20.0 Å². The molecule has 1 atom stereocenters. The van der Waals surface area contributed by atoms with Gasteiger partial charge in [0, 0.05) is 26.2 Å². The second-order valence-electron chi connectivity index (χ2n) is 7.83. The lowest BCUT2D eigenvalue weighted by molar-refractivity contribution is -0.139. The molecule has 2 aliphatic heterocycles. The van der Waals surface area contributed by atoms with Crippen LogP contribution in [0.15, 0.2) is 41.8 Å². The van der Waals surface area contributed by atoms with Crippen molar-refractivity contribution in [1.29, 1.82) is 0 Å². The van der Waals surface area contributed by atoms with Crippen LogP contribution in [0, 0.1) is 0 Å². The van der Waals surface area contributed by atoms with Gasteiger partial charge in [0.1, 0.15) is 17.8 Å². The van der Waals surface area contributed by atoms with Crippen LogP contribution in [0.4, 0.5) is 4.79 Å². The molecule has 9 nitrogen and oxygen atoms in total. The van der Waals surface area contributed by atoms with E-state index in [0.717, 1.165) is 4.90 Å². The number of thiophene rings is 1. The standard InChI is InChI=1S/C22H24N4O5S/c1-22(15-5-7-16(31-2)8-6-15)20(29)26(21(30)23-22)14-18(27)24-9-11-25(12-10-24)19(28)17-4-3-13-32-17/h3-8,13H,9-12,14H2,1-2H3,(H,23,30). The molecular weight excluding hydrogens is 432 g/mol. The fourth-order valence-corrected chi connectivity index (χ4v) is 4.60. The maximum atomic E-state index is 13.1. The first-order valence-corrected chi connectivity index (χ1v) is 11.1. The zero-order valence-corrected chi connectivity index (χ0v) is 18.7. The van der Waals surface area contributed by atoms with Gasteiger partial charge in [-0.05, 0) is 36.1 Å². The number of ether oxygens (including phenoxy) is 1. The smallest absolute Gasteiger partial charge is 0.325 e. The summed E-state index contributed by atoms with van der Waals surface area (Å²) in [5.41, 5.74) is -0.651. The van der Waals surface area contributed by atoms with Crippen molar-refractivity contribution < 1.29 is 23.9 Å². The first-order valence-electron chi connectivity index (χ1n) is 10.2. The van der Waals surface area contributed by atoms with Gasteiger partial charge >= 0.3 is 6.03 Å². The van der Waals surface area contributed by atoms with E-state index in [1.165, 1.54) is 11.3 Å². The van der Waals surface area contributed by atoms with Crippen LogP contribution in [0.3, 0.4) is 0 Å². The molecule has 32 heavy (non-hydrogen) atoms. The monoisotopic (exact) mass is 456 g/mol. The van der Waals surface area contributed by atoms with Gasteiger partial charge in [-0.15, -0.1) is 11.3 Å². The Hall–Kier alpha value is -3.40. The highest BCUT2D eigenvalue weighted by Crippen LogP contribution is 2.30. The van der Waals surface area contributed by atoms with E-state index in [9.17, 15) is 19.2 Å². The molecule has 5 amide bonds. The minimum Gasteiger partial charge on any atom is -0.497 e. The summed E-state index contributed by atoms with van der Waals surface area (Å²) >= 11 is 1.39. The number of methoxy groups -OCH3 is 1. The third-order valence-corrected chi connectivity index (χ3v) is 6.75. The summed E-state index contributed by atoms with van der Waals surface area (Å²) in [7, 11) is 1.55. The predicted molar refractivity (Wildman–Crippen MR) is 117 cm³/mol. The topological polar surface area (TPSA) is 99.3 Å². The van der Waals surface area contributed by atoms with Crippen LogP contribution in [0.5, 0.6) is 5.75 Å². The van der Waals surface area contributed by atoms with Crippen LogP contribution in [0.2, 0.25) is 0 Å². The number of imide groups is 1. The minimum atomic E-state index is -1.25. The third kappa shape index (κ3) is 3.93. The molecule has 2 aliphatic rings. The molecular formula is C22H24N4O5S. The number of amides is 5. The molecule has 3 heterocycles. The van der Waals surface area contributed by atoms with Gasteiger partial charge in [-0.25, -0.2) is 4.79 Å². The van der Waals surface area contributed by atoms with Crippen LogP contribution in [0.1, 0.15) is 22.2 Å². The second-order valence-corrected chi connectivity index (χ2v) is 8.77. The molecule has 1 aromatic heterocycles. The zero-order valence-electron chi connectivity index (χ0n) is 17.9. The number of hydrogen-bond acceptors (Lipinski definition) is 6. The Bertz CT molecular complexity index is 1030. The van der Waals surface area contributed by atoms with Crippen LogP contribution in [-0.4, -0.2) is 78.3 Å².